The number of aromatic carboxylic acids is 1. The van der Waals surface area contributed by atoms with Crippen molar-refractivity contribution in [1.29, 1.82) is 0 Å². The molecule has 0 aliphatic heterocycles. The number of hydrogen-bond donors (Lipinski definition) is 1. The van der Waals surface area contributed by atoms with Gasteiger partial charge in [0.1, 0.15) is 5.82 Å². The predicted octanol–water partition coefficient (Wildman–Crippen LogP) is 5.66. The molecule has 0 saturated heterocycles. The molecular formula is C23H17F3N2O2S. The molecule has 4 aromatic rings. The number of anilines is 1. The number of carboxylic acid groups (broad SMARTS) is 1. The number of nitrogens with zero attached hydrogens (tertiary/aromatic N) is 2. The lowest BCUT2D eigenvalue weighted by molar-refractivity contribution is 0.0697. The summed E-state index contributed by atoms with van der Waals surface area (Å²) in [6, 6.07) is 15.1. The second-order valence-electron chi connectivity index (χ2n) is 6.97. The van der Waals surface area contributed by atoms with Crippen LogP contribution in [-0.4, -0.2) is 22.6 Å². The van der Waals surface area contributed by atoms with Gasteiger partial charge in [0.15, 0.2) is 16.8 Å². The fourth-order valence-electron chi connectivity index (χ4n) is 3.25. The predicted molar refractivity (Wildman–Crippen MR) is 114 cm³/mol. The van der Waals surface area contributed by atoms with Gasteiger partial charge in [0, 0.05) is 13.1 Å². The fraction of sp³-hybridized carbons (Fsp3) is 0.130. The molecule has 1 aromatic heterocycles. The molecule has 158 valence electrons. The van der Waals surface area contributed by atoms with Crippen molar-refractivity contribution in [1.82, 2.24) is 4.98 Å². The van der Waals surface area contributed by atoms with Crippen molar-refractivity contribution >= 4 is 32.7 Å². The highest BCUT2D eigenvalue weighted by molar-refractivity contribution is 7.22. The summed E-state index contributed by atoms with van der Waals surface area (Å²) in [5.41, 5.74) is 1.73. The van der Waals surface area contributed by atoms with E-state index >= 15 is 0 Å². The van der Waals surface area contributed by atoms with Crippen LogP contribution in [0.2, 0.25) is 0 Å². The van der Waals surface area contributed by atoms with Gasteiger partial charge in [-0.05, 0) is 47.9 Å². The maximum atomic E-state index is 14.2. The minimum absolute atomic E-state index is 0.166. The summed E-state index contributed by atoms with van der Waals surface area (Å²) in [4.78, 5) is 17.4. The molecule has 0 aliphatic rings. The zero-order valence-corrected chi connectivity index (χ0v) is 17.0. The van der Waals surface area contributed by atoms with Crippen LogP contribution < -0.4 is 4.90 Å². The SMILES string of the molecule is O=C(O)c1ccc(CN(CCc2cccc(F)c2F)c2nc3cccc(F)c3s2)cc1. The van der Waals surface area contributed by atoms with Crippen LogP contribution in [0.25, 0.3) is 10.2 Å². The first-order chi connectivity index (χ1) is 14.9. The van der Waals surface area contributed by atoms with Crippen LogP contribution in [0.5, 0.6) is 0 Å². The first-order valence-corrected chi connectivity index (χ1v) is 10.3. The Bertz CT molecular complexity index is 1240. The lowest BCUT2D eigenvalue weighted by Crippen LogP contribution is -2.25. The van der Waals surface area contributed by atoms with Crippen LogP contribution in [0.1, 0.15) is 21.5 Å². The van der Waals surface area contributed by atoms with Gasteiger partial charge in [0.25, 0.3) is 0 Å². The third-order valence-corrected chi connectivity index (χ3v) is 6.02. The highest BCUT2D eigenvalue weighted by atomic mass is 32.1. The Kier molecular flexibility index (Phi) is 5.90. The number of halogens is 3. The second-order valence-corrected chi connectivity index (χ2v) is 7.95. The maximum Gasteiger partial charge on any atom is 0.335 e. The van der Waals surface area contributed by atoms with Gasteiger partial charge in [-0.1, -0.05) is 41.7 Å². The summed E-state index contributed by atoms with van der Waals surface area (Å²) in [5.74, 6) is -3.19. The molecule has 31 heavy (non-hydrogen) atoms. The average molecular weight is 442 g/mol. The number of benzene rings is 3. The first-order valence-electron chi connectivity index (χ1n) is 9.47. The van der Waals surface area contributed by atoms with E-state index < -0.39 is 17.6 Å². The van der Waals surface area contributed by atoms with Crippen molar-refractivity contribution in [3.63, 3.8) is 0 Å². The lowest BCUT2D eigenvalue weighted by Gasteiger charge is -2.22. The summed E-state index contributed by atoms with van der Waals surface area (Å²) in [6.45, 7) is 0.654. The molecule has 0 spiro atoms. The summed E-state index contributed by atoms with van der Waals surface area (Å²) < 4.78 is 42.3. The van der Waals surface area contributed by atoms with Crippen LogP contribution >= 0.6 is 11.3 Å². The topological polar surface area (TPSA) is 53.4 Å². The monoisotopic (exact) mass is 442 g/mol. The van der Waals surface area contributed by atoms with Crippen LogP contribution in [0, 0.1) is 17.5 Å². The minimum Gasteiger partial charge on any atom is -0.478 e. The highest BCUT2D eigenvalue weighted by Gasteiger charge is 2.17. The Labute approximate surface area is 180 Å². The Balaban J connectivity index is 1.64. The van der Waals surface area contributed by atoms with E-state index in [4.69, 9.17) is 5.11 Å². The molecule has 4 nitrogen and oxygen atoms in total. The first kappa shape index (κ1) is 20.9. The Morgan fingerprint density at radius 1 is 0.968 bits per heavy atom. The van der Waals surface area contributed by atoms with Crippen molar-refractivity contribution < 1.29 is 23.1 Å². The standard InChI is InChI=1S/C23H17F3N2O2S/c24-17-4-1-3-15(20(17)26)11-12-28(13-14-7-9-16(10-8-14)22(29)30)23-27-19-6-2-5-18(25)21(19)31-23/h1-10H,11-13H2,(H,29,30). The van der Waals surface area contributed by atoms with Crippen LogP contribution in [0.3, 0.4) is 0 Å². The van der Waals surface area contributed by atoms with Gasteiger partial charge in [-0.2, -0.15) is 0 Å². The zero-order valence-electron chi connectivity index (χ0n) is 16.2. The number of thiazole rings is 1. The van der Waals surface area contributed by atoms with E-state index in [0.717, 1.165) is 11.6 Å². The summed E-state index contributed by atoms with van der Waals surface area (Å²) in [5, 5.41) is 9.62. The van der Waals surface area contributed by atoms with E-state index in [9.17, 15) is 18.0 Å². The lowest BCUT2D eigenvalue weighted by atomic mass is 10.1. The largest absolute Gasteiger partial charge is 0.478 e. The van der Waals surface area contributed by atoms with Crippen molar-refractivity contribution in [3.8, 4) is 0 Å². The number of carboxylic acids is 1. The van der Waals surface area contributed by atoms with Crippen molar-refractivity contribution in [3.05, 3.63) is 94.8 Å². The van der Waals surface area contributed by atoms with E-state index in [0.29, 0.717) is 28.4 Å². The van der Waals surface area contributed by atoms with Gasteiger partial charge in [-0.25, -0.2) is 22.9 Å². The number of rotatable bonds is 7. The summed E-state index contributed by atoms with van der Waals surface area (Å²) >= 11 is 1.18. The maximum absolute atomic E-state index is 14.2. The van der Waals surface area contributed by atoms with Crippen LogP contribution in [-0.2, 0) is 13.0 Å². The average Bonchev–Trinajstić information content (AvgIpc) is 3.20. The molecular weight excluding hydrogens is 425 g/mol. The van der Waals surface area contributed by atoms with Crippen molar-refractivity contribution in [2.75, 3.05) is 11.4 Å². The van der Waals surface area contributed by atoms with E-state index in [1.807, 2.05) is 4.90 Å². The molecule has 1 heterocycles. The molecule has 4 rings (SSSR count). The van der Waals surface area contributed by atoms with E-state index in [1.165, 1.54) is 41.7 Å². The van der Waals surface area contributed by atoms with Gasteiger partial charge in [-0.15, -0.1) is 0 Å². The molecule has 0 radical (unpaired) electrons. The Morgan fingerprint density at radius 2 is 1.68 bits per heavy atom. The smallest absolute Gasteiger partial charge is 0.335 e. The molecule has 0 aliphatic carbocycles. The zero-order chi connectivity index (χ0) is 22.0. The minimum atomic E-state index is -1.02. The van der Waals surface area contributed by atoms with Crippen LogP contribution in [0.15, 0.2) is 60.7 Å². The fourth-order valence-corrected chi connectivity index (χ4v) is 4.25. The molecule has 0 saturated carbocycles. The van der Waals surface area contributed by atoms with Crippen molar-refractivity contribution in [2.24, 2.45) is 0 Å². The van der Waals surface area contributed by atoms with Gasteiger partial charge in [0.05, 0.1) is 15.8 Å². The second kappa shape index (κ2) is 8.77. The Morgan fingerprint density at radius 3 is 2.39 bits per heavy atom. The van der Waals surface area contributed by atoms with Crippen molar-refractivity contribution in [2.45, 2.75) is 13.0 Å². The Hall–Kier alpha value is -3.39. The quantitative estimate of drug-likeness (QED) is 0.401. The third-order valence-electron chi connectivity index (χ3n) is 4.88. The third kappa shape index (κ3) is 4.54. The molecule has 1 N–H and O–H groups in total. The molecule has 0 atom stereocenters. The highest BCUT2D eigenvalue weighted by Crippen LogP contribution is 2.32. The number of fused-ring (bicyclic) bond motifs is 1. The molecule has 0 unspecified atom stereocenters. The normalized spacial score (nSPS) is 11.1. The van der Waals surface area contributed by atoms with Gasteiger partial charge in [-0.3, -0.25) is 0 Å². The molecule has 0 amide bonds. The molecule has 3 aromatic carbocycles. The molecule has 0 fully saturated rings. The number of aromatic nitrogens is 1. The van der Waals surface area contributed by atoms with E-state index in [2.05, 4.69) is 4.98 Å². The van der Waals surface area contributed by atoms with Gasteiger partial charge < -0.3 is 10.0 Å². The van der Waals surface area contributed by atoms with Gasteiger partial charge in [0.2, 0.25) is 0 Å². The summed E-state index contributed by atoms with van der Waals surface area (Å²) in [6.07, 6.45) is 0.217. The molecule has 0 bridgehead atoms. The van der Waals surface area contributed by atoms with E-state index in [1.54, 1.807) is 24.3 Å². The van der Waals surface area contributed by atoms with Gasteiger partial charge >= 0.3 is 5.97 Å². The van der Waals surface area contributed by atoms with Crippen LogP contribution in [0.4, 0.5) is 18.3 Å². The van der Waals surface area contributed by atoms with E-state index in [-0.39, 0.29) is 23.4 Å². The summed E-state index contributed by atoms with van der Waals surface area (Å²) in [7, 11) is 0. The number of hydrogen-bond acceptors (Lipinski definition) is 4. The molecule has 8 heteroatoms. The number of carbonyl (C=O) groups is 1.